The first-order valence-corrected chi connectivity index (χ1v) is 8.09. The van der Waals surface area contributed by atoms with Crippen LogP contribution in [0.1, 0.15) is 5.56 Å². The molecule has 0 amide bonds. The fourth-order valence-electron chi connectivity index (χ4n) is 2.28. The second kappa shape index (κ2) is 6.71. The Labute approximate surface area is 135 Å². The first kappa shape index (κ1) is 14.7. The molecule has 2 aromatic carbocycles. The van der Waals surface area contributed by atoms with Crippen molar-refractivity contribution in [2.24, 2.45) is 7.05 Å². The topological polar surface area (TPSA) is 27.1 Å². The van der Waals surface area contributed by atoms with Crippen LogP contribution in [0.2, 0.25) is 0 Å². The lowest BCUT2D eigenvalue weighted by atomic mass is 10.1. The minimum atomic E-state index is 0.865. The van der Waals surface area contributed by atoms with Crippen molar-refractivity contribution in [1.29, 1.82) is 0 Å². The molecule has 1 aromatic heterocycles. The molecule has 0 spiro atoms. The first-order chi connectivity index (χ1) is 10.8. The monoisotopic (exact) mass is 310 g/mol. The molecule has 0 radical (unpaired) electrons. The molecule has 0 saturated heterocycles. The van der Waals surface area contributed by atoms with Crippen LogP contribution in [-0.4, -0.2) is 16.7 Å². The fourth-order valence-corrected chi connectivity index (χ4v) is 3.19. The Morgan fingerprint density at radius 3 is 2.45 bits per heavy atom. The number of hydrogen-bond acceptors (Lipinski definition) is 3. The number of benzene rings is 2. The molecule has 3 nitrogen and oxygen atoms in total. The van der Waals surface area contributed by atoms with E-state index in [9.17, 15) is 0 Å². The van der Waals surface area contributed by atoms with Crippen molar-refractivity contribution < 1.29 is 4.74 Å². The van der Waals surface area contributed by atoms with E-state index in [4.69, 9.17) is 4.74 Å². The summed E-state index contributed by atoms with van der Waals surface area (Å²) in [6.45, 7) is 0. The molecule has 0 aliphatic heterocycles. The Morgan fingerprint density at radius 2 is 1.77 bits per heavy atom. The average molecular weight is 310 g/mol. The van der Waals surface area contributed by atoms with Crippen LogP contribution >= 0.6 is 11.8 Å². The van der Waals surface area contributed by atoms with E-state index in [0.29, 0.717) is 0 Å². The number of hydrogen-bond donors (Lipinski definition) is 0. The standard InChI is InChI=1S/C18H18N2OS/c1-20-17(15-8-10-16(21-2)11-9-15)12-19-18(20)22-13-14-6-4-3-5-7-14/h3-12H,13H2,1-2H3. The zero-order valence-corrected chi connectivity index (χ0v) is 13.5. The van der Waals surface area contributed by atoms with Crippen LogP contribution in [0.4, 0.5) is 0 Å². The summed E-state index contributed by atoms with van der Waals surface area (Å²) in [4.78, 5) is 4.54. The van der Waals surface area contributed by atoms with Crippen molar-refractivity contribution in [3.8, 4) is 17.0 Å². The highest BCUT2D eigenvalue weighted by Crippen LogP contribution is 2.27. The van der Waals surface area contributed by atoms with Crippen molar-refractivity contribution in [2.75, 3.05) is 7.11 Å². The van der Waals surface area contributed by atoms with Gasteiger partial charge in [0.05, 0.1) is 19.0 Å². The van der Waals surface area contributed by atoms with Crippen LogP contribution < -0.4 is 4.74 Å². The molecule has 0 aliphatic rings. The summed E-state index contributed by atoms with van der Waals surface area (Å²) in [5, 5.41) is 1.02. The fraction of sp³-hybridized carbons (Fsp3) is 0.167. The summed E-state index contributed by atoms with van der Waals surface area (Å²) >= 11 is 1.75. The van der Waals surface area contributed by atoms with Gasteiger partial charge in [0.25, 0.3) is 0 Å². The maximum atomic E-state index is 5.20. The molecular formula is C18H18N2OS. The molecule has 0 atom stereocenters. The van der Waals surface area contributed by atoms with E-state index < -0.39 is 0 Å². The Bertz CT molecular complexity index is 736. The summed E-state index contributed by atoms with van der Waals surface area (Å²) in [6.07, 6.45) is 1.93. The average Bonchev–Trinajstić information content (AvgIpc) is 2.95. The summed E-state index contributed by atoms with van der Waals surface area (Å²) in [6, 6.07) is 18.5. The lowest BCUT2D eigenvalue weighted by Gasteiger charge is -2.07. The van der Waals surface area contributed by atoms with E-state index in [1.807, 2.05) is 24.4 Å². The lowest BCUT2D eigenvalue weighted by Crippen LogP contribution is -1.94. The number of thioether (sulfide) groups is 1. The van der Waals surface area contributed by atoms with Crippen molar-refractivity contribution >= 4 is 11.8 Å². The van der Waals surface area contributed by atoms with Gasteiger partial charge < -0.3 is 9.30 Å². The molecule has 0 bridgehead atoms. The van der Waals surface area contributed by atoms with E-state index in [0.717, 1.165) is 27.9 Å². The summed E-state index contributed by atoms with van der Waals surface area (Å²) in [5.74, 6) is 1.79. The number of imidazole rings is 1. The molecule has 0 aliphatic carbocycles. The molecule has 0 unspecified atom stereocenters. The minimum absolute atomic E-state index is 0.865. The Kier molecular flexibility index (Phi) is 4.49. The third kappa shape index (κ3) is 3.17. The van der Waals surface area contributed by atoms with Gasteiger partial charge in [-0.15, -0.1) is 0 Å². The zero-order valence-electron chi connectivity index (χ0n) is 12.7. The van der Waals surface area contributed by atoms with E-state index >= 15 is 0 Å². The molecule has 3 aromatic rings. The van der Waals surface area contributed by atoms with Crippen molar-refractivity contribution in [2.45, 2.75) is 10.9 Å². The molecule has 0 saturated carbocycles. The van der Waals surface area contributed by atoms with E-state index in [1.165, 1.54) is 5.56 Å². The predicted molar refractivity (Wildman–Crippen MR) is 91.2 cm³/mol. The number of rotatable bonds is 5. The summed E-state index contributed by atoms with van der Waals surface area (Å²) < 4.78 is 7.34. The Hall–Kier alpha value is -2.20. The lowest BCUT2D eigenvalue weighted by molar-refractivity contribution is 0.415. The first-order valence-electron chi connectivity index (χ1n) is 7.11. The smallest absolute Gasteiger partial charge is 0.168 e. The second-order valence-corrected chi connectivity index (χ2v) is 5.93. The van der Waals surface area contributed by atoms with Crippen LogP contribution in [0.3, 0.4) is 0 Å². The largest absolute Gasteiger partial charge is 0.497 e. The maximum absolute atomic E-state index is 5.20. The molecule has 4 heteroatoms. The molecular weight excluding hydrogens is 292 g/mol. The Morgan fingerprint density at radius 1 is 1.05 bits per heavy atom. The van der Waals surface area contributed by atoms with E-state index in [1.54, 1.807) is 18.9 Å². The third-order valence-corrected chi connectivity index (χ3v) is 4.66. The van der Waals surface area contributed by atoms with Gasteiger partial charge in [-0.05, 0) is 29.8 Å². The molecule has 0 N–H and O–H groups in total. The molecule has 0 fully saturated rings. The van der Waals surface area contributed by atoms with Gasteiger partial charge >= 0.3 is 0 Å². The predicted octanol–water partition coefficient (Wildman–Crippen LogP) is 4.39. The van der Waals surface area contributed by atoms with Crippen LogP contribution in [-0.2, 0) is 12.8 Å². The maximum Gasteiger partial charge on any atom is 0.168 e. The molecule has 112 valence electrons. The van der Waals surface area contributed by atoms with Crippen LogP contribution in [0.5, 0.6) is 5.75 Å². The van der Waals surface area contributed by atoms with Gasteiger partial charge in [-0.1, -0.05) is 42.1 Å². The number of methoxy groups -OCH3 is 1. The van der Waals surface area contributed by atoms with Gasteiger partial charge in [-0.3, -0.25) is 0 Å². The highest BCUT2D eigenvalue weighted by atomic mass is 32.2. The number of ether oxygens (including phenoxy) is 1. The molecule has 1 heterocycles. The number of aromatic nitrogens is 2. The van der Waals surface area contributed by atoms with Gasteiger partial charge in [0, 0.05) is 18.4 Å². The van der Waals surface area contributed by atoms with Gasteiger partial charge in [-0.25, -0.2) is 4.98 Å². The molecule has 22 heavy (non-hydrogen) atoms. The van der Waals surface area contributed by atoms with Gasteiger partial charge in [0.1, 0.15) is 5.75 Å². The van der Waals surface area contributed by atoms with E-state index in [-0.39, 0.29) is 0 Å². The van der Waals surface area contributed by atoms with Gasteiger partial charge in [0.15, 0.2) is 5.16 Å². The Balaban J connectivity index is 1.76. The third-order valence-electron chi connectivity index (χ3n) is 3.54. The summed E-state index contributed by atoms with van der Waals surface area (Å²) in [5.41, 5.74) is 3.56. The van der Waals surface area contributed by atoms with Crippen molar-refractivity contribution in [3.63, 3.8) is 0 Å². The quantitative estimate of drug-likeness (QED) is 0.654. The van der Waals surface area contributed by atoms with Crippen molar-refractivity contribution in [1.82, 2.24) is 9.55 Å². The highest BCUT2D eigenvalue weighted by molar-refractivity contribution is 7.98. The summed E-state index contributed by atoms with van der Waals surface area (Å²) in [7, 11) is 3.73. The second-order valence-electron chi connectivity index (χ2n) is 4.99. The highest BCUT2D eigenvalue weighted by Gasteiger charge is 2.09. The SMILES string of the molecule is COc1ccc(-c2cnc(SCc3ccccc3)n2C)cc1. The minimum Gasteiger partial charge on any atom is -0.497 e. The zero-order chi connectivity index (χ0) is 15.4. The molecule has 3 rings (SSSR count). The normalized spacial score (nSPS) is 10.6. The van der Waals surface area contributed by atoms with Crippen molar-refractivity contribution in [3.05, 3.63) is 66.4 Å². The van der Waals surface area contributed by atoms with E-state index in [2.05, 4.69) is 53.0 Å². The van der Waals surface area contributed by atoms with Crippen LogP contribution in [0, 0.1) is 0 Å². The van der Waals surface area contributed by atoms with Gasteiger partial charge in [0.2, 0.25) is 0 Å². The van der Waals surface area contributed by atoms with Gasteiger partial charge in [-0.2, -0.15) is 0 Å². The van der Waals surface area contributed by atoms with Crippen LogP contribution in [0.25, 0.3) is 11.3 Å². The van der Waals surface area contributed by atoms with Crippen LogP contribution in [0.15, 0.2) is 66.0 Å². The number of nitrogens with zero attached hydrogens (tertiary/aromatic N) is 2.